The number of ether oxygens (including phenoxy) is 1. The van der Waals surface area contributed by atoms with Crippen molar-refractivity contribution in [2.75, 3.05) is 6.61 Å². The lowest BCUT2D eigenvalue weighted by Gasteiger charge is -2.04. The van der Waals surface area contributed by atoms with Crippen molar-refractivity contribution in [3.63, 3.8) is 0 Å². The molecule has 2 aromatic rings. The van der Waals surface area contributed by atoms with Gasteiger partial charge >= 0.3 is 0 Å². The molecule has 0 aromatic heterocycles. The molecule has 0 radical (unpaired) electrons. The molecule has 0 atom stereocenters. The van der Waals surface area contributed by atoms with Crippen molar-refractivity contribution in [3.8, 4) is 18.1 Å². The van der Waals surface area contributed by atoms with Gasteiger partial charge in [-0.1, -0.05) is 24.1 Å². The van der Waals surface area contributed by atoms with Gasteiger partial charge in [0, 0.05) is 5.56 Å². The fraction of sp³-hybridized carbons (Fsp3) is 0.0714. The van der Waals surface area contributed by atoms with Crippen LogP contribution in [-0.2, 0) is 0 Å². The van der Waals surface area contributed by atoms with E-state index in [2.05, 4.69) is 5.92 Å². The summed E-state index contributed by atoms with van der Waals surface area (Å²) in [5.74, 6) is 3.15. The summed E-state index contributed by atoms with van der Waals surface area (Å²) in [6.45, 7) is 0.262. The second kappa shape index (κ2) is 4.50. The van der Waals surface area contributed by atoms with Crippen molar-refractivity contribution in [3.05, 3.63) is 42.0 Å². The van der Waals surface area contributed by atoms with E-state index < -0.39 is 0 Å². The van der Waals surface area contributed by atoms with Crippen LogP contribution < -0.4 is 4.74 Å². The molecule has 2 heteroatoms. The molecule has 2 nitrogen and oxygen atoms in total. The zero-order chi connectivity index (χ0) is 11.4. The van der Waals surface area contributed by atoms with E-state index in [1.165, 1.54) is 0 Å². The second-order valence-electron chi connectivity index (χ2n) is 3.38. The predicted octanol–water partition coefficient (Wildman–Crippen LogP) is 2.66. The number of carbonyl (C=O) groups is 1. The van der Waals surface area contributed by atoms with Gasteiger partial charge in [-0.25, -0.2) is 0 Å². The Kier molecular flexibility index (Phi) is 2.88. The lowest BCUT2D eigenvalue weighted by Crippen LogP contribution is -1.92. The molecule has 0 unspecified atom stereocenters. The Labute approximate surface area is 93.8 Å². The lowest BCUT2D eigenvalue weighted by atomic mass is 10.1. The molecule has 0 aliphatic carbocycles. The summed E-state index contributed by atoms with van der Waals surface area (Å²) < 4.78 is 5.31. The van der Waals surface area contributed by atoms with Gasteiger partial charge < -0.3 is 4.74 Å². The fourth-order valence-corrected chi connectivity index (χ4v) is 1.53. The van der Waals surface area contributed by atoms with E-state index in [1.807, 2.05) is 30.3 Å². The number of terminal acetylenes is 1. The van der Waals surface area contributed by atoms with Crippen LogP contribution in [0.2, 0.25) is 0 Å². The molecule has 0 amide bonds. The fourth-order valence-electron chi connectivity index (χ4n) is 1.53. The van der Waals surface area contributed by atoms with Gasteiger partial charge in [0.05, 0.1) is 0 Å². The van der Waals surface area contributed by atoms with E-state index >= 15 is 0 Å². The van der Waals surface area contributed by atoms with Crippen LogP contribution in [0.15, 0.2) is 36.4 Å². The van der Waals surface area contributed by atoms with E-state index in [1.54, 1.807) is 6.07 Å². The molecule has 16 heavy (non-hydrogen) atoms. The van der Waals surface area contributed by atoms with Gasteiger partial charge in [0.15, 0.2) is 0 Å². The molecule has 0 saturated carbocycles. The Bertz CT molecular complexity index is 564. The highest BCUT2D eigenvalue weighted by Crippen LogP contribution is 2.21. The van der Waals surface area contributed by atoms with Crippen molar-refractivity contribution in [2.24, 2.45) is 0 Å². The quantitative estimate of drug-likeness (QED) is 0.575. The number of rotatable bonds is 3. The minimum absolute atomic E-state index is 0.262. The third-order valence-electron chi connectivity index (χ3n) is 2.29. The second-order valence-corrected chi connectivity index (χ2v) is 3.38. The molecule has 0 aliphatic heterocycles. The minimum Gasteiger partial charge on any atom is -0.481 e. The molecule has 0 bridgehead atoms. The summed E-state index contributed by atoms with van der Waals surface area (Å²) in [6.07, 6.45) is 5.95. The largest absolute Gasteiger partial charge is 0.481 e. The summed E-state index contributed by atoms with van der Waals surface area (Å²) in [6, 6.07) is 11.2. The first-order chi connectivity index (χ1) is 7.83. The first-order valence-corrected chi connectivity index (χ1v) is 4.89. The van der Waals surface area contributed by atoms with Crippen LogP contribution in [-0.4, -0.2) is 12.9 Å². The summed E-state index contributed by atoms with van der Waals surface area (Å²) in [4.78, 5) is 10.6. The first-order valence-electron chi connectivity index (χ1n) is 4.89. The molecule has 78 valence electrons. The highest BCUT2D eigenvalue weighted by molar-refractivity contribution is 5.89. The summed E-state index contributed by atoms with van der Waals surface area (Å²) in [5, 5.41) is 2.04. The smallest absolute Gasteiger partial charge is 0.150 e. The van der Waals surface area contributed by atoms with Crippen LogP contribution in [0.1, 0.15) is 10.4 Å². The van der Waals surface area contributed by atoms with E-state index in [9.17, 15) is 4.79 Å². The minimum atomic E-state index is 0.262. The van der Waals surface area contributed by atoms with Crippen molar-refractivity contribution in [1.29, 1.82) is 0 Å². The molecule has 2 aromatic carbocycles. The van der Waals surface area contributed by atoms with Crippen LogP contribution in [0, 0.1) is 12.3 Å². The number of carbonyl (C=O) groups excluding carboxylic acids is 1. The summed E-state index contributed by atoms with van der Waals surface area (Å²) >= 11 is 0. The molecule has 0 saturated heterocycles. The van der Waals surface area contributed by atoms with Gasteiger partial charge in [0.25, 0.3) is 0 Å². The SMILES string of the molecule is C#CCOc1ccc2cc(C=O)ccc2c1. The van der Waals surface area contributed by atoms with Gasteiger partial charge in [-0.05, 0) is 29.0 Å². The number of fused-ring (bicyclic) bond motifs is 1. The van der Waals surface area contributed by atoms with Crippen LogP contribution in [0.25, 0.3) is 10.8 Å². The van der Waals surface area contributed by atoms with Crippen LogP contribution in [0.5, 0.6) is 5.75 Å². The monoisotopic (exact) mass is 210 g/mol. The predicted molar refractivity (Wildman–Crippen MR) is 63.7 cm³/mol. The maximum absolute atomic E-state index is 10.6. The Morgan fingerprint density at radius 3 is 2.69 bits per heavy atom. The van der Waals surface area contributed by atoms with Gasteiger partial charge in [-0.2, -0.15) is 0 Å². The summed E-state index contributed by atoms with van der Waals surface area (Å²) in [7, 11) is 0. The average molecular weight is 210 g/mol. The van der Waals surface area contributed by atoms with E-state index in [4.69, 9.17) is 11.2 Å². The molecule has 0 aliphatic rings. The number of aldehydes is 1. The molecule has 0 heterocycles. The molecule has 0 N–H and O–H groups in total. The first kappa shape index (κ1) is 10.3. The molecule has 0 spiro atoms. The van der Waals surface area contributed by atoms with Gasteiger partial charge in [-0.15, -0.1) is 6.42 Å². The van der Waals surface area contributed by atoms with Crippen molar-refractivity contribution in [1.82, 2.24) is 0 Å². The zero-order valence-electron chi connectivity index (χ0n) is 8.64. The standard InChI is InChI=1S/C14H10O2/c1-2-7-16-14-6-5-12-8-11(10-15)3-4-13(12)9-14/h1,3-6,8-10H,7H2. The van der Waals surface area contributed by atoms with E-state index in [-0.39, 0.29) is 6.61 Å². The third-order valence-corrected chi connectivity index (χ3v) is 2.29. The molecular weight excluding hydrogens is 200 g/mol. The van der Waals surface area contributed by atoms with E-state index in [0.717, 1.165) is 22.8 Å². The Morgan fingerprint density at radius 1 is 1.19 bits per heavy atom. The van der Waals surface area contributed by atoms with Gasteiger partial charge in [0.1, 0.15) is 18.6 Å². The maximum Gasteiger partial charge on any atom is 0.150 e. The normalized spacial score (nSPS) is 9.69. The van der Waals surface area contributed by atoms with Gasteiger partial charge in [0.2, 0.25) is 0 Å². The maximum atomic E-state index is 10.6. The topological polar surface area (TPSA) is 26.3 Å². The third kappa shape index (κ3) is 2.04. The number of hydrogen-bond acceptors (Lipinski definition) is 2. The Morgan fingerprint density at radius 2 is 1.94 bits per heavy atom. The Hall–Kier alpha value is -2.27. The summed E-state index contributed by atoms with van der Waals surface area (Å²) in [5.41, 5.74) is 0.671. The van der Waals surface area contributed by atoms with Gasteiger partial charge in [-0.3, -0.25) is 4.79 Å². The van der Waals surface area contributed by atoms with Crippen LogP contribution >= 0.6 is 0 Å². The highest BCUT2D eigenvalue weighted by Gasteiger charge is 1.98. The zero-order valence-corrected chi connectivity index (χ0v) is 8.64. The van der Waals surface area contributed by atoms with E-state index in [0.29, 0.717) is 5.56 Å². The molecule has 0 fully saturated rings. The molecule has 2 rings (SSSR count). The highest BCUT2D eigenvalue weighted by atomic mass is 16.5. The van der Waals surface area contributed by atoms with Crippen molar-refractivity contribution < 1.29 is 9.53 Å². The van der Waals surface area contributed by atoms with Crippen LogP contribution in [0.4, 0.5) is 0 Å². The average Bonchev–Trinajstić information content (AvgIpc) is 2.35. The Balaban J connectivity index is 2.40. The van der Waals surface area contributed by atoms with Crippen molar-refractivity contribution >= 4 is 17.1 Å². The van der Waals surface area contributed by atoms with Crippen LogP contribution in [0.3, 0.4) is 0 Å². The number of hydrogen-bond donors (Lipinski definition) is 0. The number of benzene rings is 2. The molecular formula is C14H10O2. The van der Waals surface area contributed by atoms with Crippen molar-refractivity contribution in [2.45, 2.75) is 0 Å². The lowest BCUT2D eigenvalue weighted by molar-refractivity contribution is 0.112.